The molecule has 2 aromatic carbocycles. The van der Waals surface area contributed by atoms with E-state index in [9.17, 15) is 19.7 Å². The van der Waals surface area contributed by atoms with Crippen molar-refractivity contribution >= 4 is 41.0 Å². The van der Waals surface area contributed by atoms with Gasteiger partial charge in [0.1, 0.15) is 11.7 Å². The van der Waals surface area contributed by atoms with Gasteiger partial charge in [-0.05, 0) is 44.0 Å². The molecule has 2 N–H and O–H groups in total. The van der Waals surface area contributed by atoms with Gasteiger partial charge in [-0.25, -0.2) is 5.43 Å². The number of nitrogens with one attached hydrogen (secondary N) is 2. The number of amides is 2. The zero-order valence-electron chi connectivity index (χ0n) is 19.0. The van der Waals surface area contributed by atoms with Crippen LogP contribution in [-0.2, 0) is 4.79 Å². The zero-order valence-corrected chi connectivity index (χ0v) is 19.8. The van der Waals surface area contributed by atoms with E-state index in [0.717, 1.165) is 0 Å². The van der Waals surface area contributed by atoms with Crippen LogP contribution in [0.15, 0.2) is 47.6 Å². The van der Waals surface area contributed by atoms with Crippen LogP contribution >= 0.6 is 11.6 Å². The highest BCUT2D eigenvalue weighted by Gasteiger charge is 2.24. The molecule has 9 nitrogen and oxygen atoms in total. The molecular weight excluding hydrogens is 446 g/mol. The van der Waals surface area contributed by atoms with E-state index in [1.807, 2.05) is 18.7 Å². The van der Waals surface area contributed by atoms with E-state index in [1.165, 1.54) is 18.3 Å². The summed E-state index contributed by atoms with van der Waals surface area (Å²) in [5, 5.41) is 18.5. The number of rotatable bonds is 10. The highest BCUT2D eigenvalue weighted by molar-refractivity contribution is 6.31. The Bertz CT molecular complexity index is 1040. The molecule has 0 fully saturated rings. The van der Waals surface area contributed by atoms with Crippen LogP contribution in [0.4, 0.5) is 11.4 Å². The van der Waals surface area contributed by atoms with Gasteiger partial charge in [-0.2, -0.15) is 5.10 Å². The minimum Gasteiger partial charge on any atom is -0.367 e. The minimum absolute atomic E-state index is 0.0391. The van der Waals surface area contributed by atoms with Crippen molar-refractivity contribution in [1.82, 2.24) is 10.7 Å². The molecule has 0 aliphatic rings. The summed E-state index contributed by atoms with van der Waals surface area (Å²) in [6.45, 7) is 8.71. The highest BCUT2D eigenvalue weighted by atomic mass is 35.5. The number of nitro benzene ring substituents is 1. The number of halogens is 1. The second-order valence-electron chi connectivity index (χ2n) is 7.62. The van der Waals surface area contributed by atoms with Crippen LogP contribution in [0.5, 0.6) is 0 Å². The average molecular weight is 474 g/mol. The van der Waals surface area contributed by atoms with E-state index in [0.29, 0.717) is 34.9 Å². The van der Waals surface area contributed by atoms with E-state index in [2.05, 4.69) is 15.8 Å². The molecule has 0 saturated heterocycles. The number of hydrazone groups is 1. The smallest absolute Gasteiger partial charge is 0.293 e. The second-order valence-corrected chi connectivity index (χ2v) is 8.05. The Hall–Kier alpha value is -3.46. The van der Waals surface area contributed by atoms with Crippen molar-refractivity contribution < 1.29 is 14.5 Å². The Morgan fingerprint density at radius 3 is 2.45 bits per heavy atom. The molecule has 2 amide bonds. The van der Waals surface area contributed by atoms with Gasteiger partial charge in [-0.15, -0.1) is 0 Å². The van der Waals surface area contributed by atoms with Crippen LogP contribution in [0, 0.1) is 16.0 Å². The molecule has 0 aromatic heterocycles. The first-order valence-corrected chi connectivity index (χ1v) is 11.0. The standard InChI is InChI=1S/C23H28ClN5O4/c1-5-28(6-2)19-11-10-16(12-20(19)29(32)33)14-25-27-23(31)21(15(3)4)26-22(30)17-8-7-9-18(24)13-17/h7-15,21H,5-6H2,1-4H3,(H,26,30)(H,27,31)/b25-14-. The van der Waals surface area contributed by atoms with Gasteiger partial charge in [0.25, 0.3) is 17.5 Å². The summed E-state index contributed by atoms with van der Waals surface area (Å²) < 4.78 is 0. The SMILES string of the molecule is CCN(CC)c1ccc(/C=N\NC(=O)C(NC(=O)c2cccc(Cl)c2)C(C)C)cc1[N+](=O)[O-]. The van der Waals surface area contributed by atoms with Crippen molar-refractivity contribution in [3.05, 3.63) is 68.7 Å². The van der Waals surface area contributed by atoms with Gasteiger partial charge in [-0.3, -0.25) is 19.7 Å². The third-order valence-corrected chi connectivity index (χ3v) is 5.25. The van der Waals surface area contributed by atoms with E-state index >= 15 is 0 Å². The lowest BCUT2D eigenvalue weighted by atomic mass is 10.0. The van der Waals surface area contributed by atoms with Crippen LogP contribution in [0.3, 0.4) is 0 Å². The molecule has 33 heavy (non-hydrogen) atoms. The third-order valence-electron chi connectivity index (χ3n) is 5.01. The third kappa shape index (κ3) is 7.01. The fourth-order valence-electron chi connectivity index (χ4n) is 3.23. The lowest BCUT2D eigenvalue weighted by Gasteiger charge is -2.21. The van der Waals surface area contributed by atoms with Gasteiger partial charge in [0.05, 0.1) is 11.1 Å². The Morgan fingerprint density at radius 1 is 1.18 bits per heavy atom. The zero-order chi connectivity index (χ0) is 24.5. The van der Waals surface area contributed by atoms with Crippen LogP contribution in [-0.4, -0.2) is 42.1 Å². The molecule has 0 radical (unpaired) electrons. The first kappa shape index (κ1) is 25.8. The molecule has 0 aliphatic carbocycles. The predicted octanol–water partition coefficient (Wildman–Crippen LogP) is 4.00. The molecule has 176 valence electrons. The predicted molar refractivity (Wildman–Crippen MR) is 130 cm³/mol. The van der Waals surface area contributed by atoms with Gasteiger partial charge in [-0.1, -0.05) is 37.6 Å². The largest absolute Gasteiger partial charge is 0.367 e. The quantitative estimate of drug-likeness (QED) is 0.307. The number of benzene rings is 2. The fourth-order valence-corrected chi connectivity index (χ4v) is 3.42. The van der Waals surface area contributed by atoms with Crippen molar-refractivity contribution in [2.75, 3.05) is 18.0 Å². The lowest BCUT2D eigenvalue weighted by Crippen LogP contribution is -2.48. The van der Waals surface area contributed by atoms with Crippen LogP contribution in [0.2, 0.25) is 5.02 Å². The molecule has 1 unspecified atom stereocenters. The van der Waals surface area contributed by atoms with Crippen LogP contribution < -0.4 is 15.6 Å². The summed E-state index contributed by atoms with van der Waals surface area (Å²) in [7, 11) is 0. The summed E-state index contributed by atoms with van der Waals surface area (Å²) in [6, 6.07) is 10.3. The van der Waals surface area contributed by atoms with Gasteiger partial charge in [0.2, 0.25) is 0 Å². The number of carbonyl (C=O) groups excluding carboxylic acids is 2. The molecule has 1 atom stereocenters. The summed E-state index contributed by atoms with van der Waals surface area (Å²) in [5.74, 6) is -1.15. The molecule has 0 aliphatic heterocycles. The molecule has 2 rings (SSSR count). The summed E-state index contributed by atoms with van der Waals surface area (Å²) in [4.78, 5) is 38.1. The average Bonchev–Trinajstić information content (AvgIpc) is 2.78. The van der Waals surface area contributed by atoms with E-state index in [4.69, 9.17) is 11.6 Å². The van der Waals surface area contributed by atoms with Crippen molar-refractivity contribution in [1.29, 1.82) is 0 Å². The molecule has 2 aromatic rings. The molecule has 0 spiro atoms. The van der Waals surface area contributed by atoms with Crippen LogP contribution in [0.25, 0.3) is 0 Å². The molecule has 0 bridgehead atoms. The summed E-state index contributed by atoms with van der Waals surface area (Å²) in [5.41, 5.74) is 3.68. The maximum atomic E-state index is 12.6. The topological polar surface area (TPSA) is 117 Å². The number of nitrogens with zero attached hydrogens (tertiary/aromatic N) is 3. The van der Waals surface area contributed by atoms with Crippen molar-refractivity contribution in [3.63, 3.8) is 0 Å². The van der Waals surface area contributed by atoms with Gasteiger partial charge >= 0.3 is 0 Å². The summed E-state index contributed by atoms with van der Waals surface area (Å²) >= 11 is 5.93. The molecule has 0 saturated carbocycles. The van der Waals surface area contributed by atoms with Crippen molar-refractivity contribution in [2.45, 2.75) is 33.7 Å². The first-order valence-electron chi connectivity index (χ1n) is 10.6. The highest BCUT2D eigenvalue weighted by Crippen LogP contribution is 2.28. The Balaban J connectivity index is 2.12. The normalized spacial score (nSPS) is 11.9. The van der Waals surface area contributed by atoms with Crippen LogP contribution in [0.1, 0.15) is 43.6 Å². The number of nitro groups is 1. The summed E-state index contributed by atoms with van der Waals surface area (Å²) in [6.07, 6.45) is 1.33. The number of hydrogen-bond donors (Lipinski definition) is 2. The Morgan fingerprint density at radius 2 is 1.88 bits per heavy atom. The van der Waals surface area contributed by atoms with E-state index in [1.54, 1.807) is 44.2 Å². The number of carbonyl (C=O) groups is 2. The minimum atomic E-state index is -0.840. The van der Waals surface area contributed by atoms with Crippen molar-refractivity contribution in [2.24, 2.45) is 11.0 Å². The number of anilines is 1. The Kier molecular flexibility index (Phi) is 9.35. The first-order chi connectivity index (χ1) is 15.7. The van der Waals surface area contributed by atoms with Gasteiger partial charge < -0.3 is 10.2 Å². The maximum absolute atomic E-state index is 12.6. The Labute approximate surface area is 198 Å². The van der Waals surface area contributed by atoms with E-state index < -0.39 is 22.8 Å². The number of hydrogen-bond acceptors (Lipinski definition) is 6. The second kappa shape index (κ2) is 12.0. The maximum Gasteiger partial charge on any atom is 0.293 e. The van der Waals surface area contributed by atoms with Crippen molar-refractivity contribution in [3.8, 4) is 0 Å². The van der Waals surface area contributed by atoms with Gasteiger partial charge in [0.15, 0.2) is 0 Å². The molecule has 0 heterocycles. The fraction of sp³-hybridized carbons (Fsp3) is 0.348. The molecule has 10 heteroatoms. The monoisotopic (exact) mass is 473 g/mol. The van der Waals surface area contributed by atoms with Gasteiger partial charge in [0, 0.05) is 35.3 Å². The molecular formula is C23H28ClN5O4. The lowest BCUT2D eigenvalue weighted by molar-refractivity contribution is -0.384. The van der Waals surface area contributed by atoms with E-state index in [-0.39, 0.29) is 11.6 Å².